The van der Waals surface area contributed by atoms with Crippen molar-refractivity contribution in [1.82, 2.24) is 30.3 Å². The number of hydrogen-bond acceptors (Lipinski definition) is 8. The standard InChI is InChI=1S/C18H22N8O2/c1-3-28-18-13(10-12-11-25(2)24-16(12)21-18)17(27)20-14-4-5-15(23-22-14)26-8-6-19-7-9-26/h4-5,10-11,19H,3,6-9H2,1-2H3,(H,20,22,27). The van der Waals surface area contributed by atoms with Crippen molar-refractivity contribution in [3.05, 3.63) is 30.0 Å². The summed E-state index contributed by atoms with van der Waals surface area (Å²) < 4.78 is 7.19. The molecule has 146 valence electrons. The second kappa shape index (κ2) is 7.77. The number of aryl methyl sites for hydroxylation is 1. The van der Waals surface area contributed by atoms with Crippen molar-refractivity contribution in [2.24, 2.45) is 7.05 Å². The summed E-state index contributed by atoms with van der Waals surface area (Å²) in [6.45, 7) is 5.84. The largest absolute Gasteiger partial charge is 0.477 e. The number of amides is 1. The van der Waals surface area contributed by atoms with Gasteiger partial charge in [-0.1, -0.05) is 0 Å². The maximum absolute atomic E-state index is 12.8. The van der Waals surface area contributed by atoms with Crippen molar-refractivity contribution < 1.29 is 9.53 Å². The molecule has 0 atom stereocenters. The van der Waals surface area contributed by atoms with Gasteiger partial charge in [0.2, 0.25) is 5.88 Å². The lowest BCUT2D eigenvalue weighted by Gasteiger charge is -2.27. The average Bonchev–Trinajstić information content (AvgIpc) is 3.08. The first-order chi connectivity index (χ1) is 13.6. The van der Waals surface area contributed by atoms with Gasteiger partial charge in [0.25, 0.3) is 5.91 Å². The fourth-order valence-corrected chi connectivity index (χ4v) is 3.10. The third-order valence-electron chi connectivity index (χ3n) is 4.43. The number of rotatable bonds is 5. The van der Waals surface area contributed by atoms with E-state index in [-0.39, 0.29) is 11.8 Å². The Hall–Kier alpha value is -3.27. The van der Waals surface area contributed by atoms with Crippen molar-refractivity contribution in [3.8, 4) is 5.88 Å². The molecular formula is C18H22N8O2. The molecule has 1 aliphatic rings. The number of fused-ring (bicyclic) bond motifs is 1. The van der Waals surface area contributed by atoms with Crippen LogP contribution in [0.2, 0.25) is 0 Å². The molecule has 1 aliphatic heterocycles. The summed E-state index contributed by atoms with van der Waals surface area (Å²) in [5.41, 5.74) is 0.859. The molecule has 3 aromatic heterocycles. The molecule has 10 nitrogen and oxygen atoms in total. The Labute approximate surface area is 161 Å². The van der Waals surface area contributed by atoms with E-state index in [1.165, 1.54) is 0 Å². The number of carbonyl (C=O) groups excluding carboxylic acids is 1. The summed E-state index contributed by atoms with van der Waals surface area (Å²) in [5.74, 6) is 1.06. The second-order valence-corrected chi connectivity index (χ2v) is 6.46. The molecule has 2 N–H and O–H groups in total. The molecule has 0 bridgehead atoms. The molecule has 0 radical (unpaired) electrons. The number of piperazine rings is 1. The maximum atomic E-state index is 12.8. The Morgan fingerprint density at radius 2 is 2.11 bits per heavy atom. The molecule has 10 heteroatoms. The lowest BCUT2D eigenvalue weighted by Crippen LogP contribution is -2.43. The zero-order valence-corrected chi connectivity index (χ0v) is 15.8. The van der Waals surface area contributed by atoms with Crippen LogP contribution in [-0.4, -0.2) is 63.7 Å². The lowest BCUT2D eigenvalue weighted by molar-refractivity contribution is 0.102. The van der Waals surface area contributed by atoms with Crippen LogP contribution in [0, 0.1) is 0 Å². The summed E-state index contributed by atoms with van der Waals surface area (Å²) in [6.07, 6.45) is 1.80. The van der Waals surface area contributed by atoms with Gasteiger partial charge in [-0.15, -0.1) is 10.2 Å². The number of nitrogens with zero attached hydrogens (tertiary/aromatic N) is 6. The van der Waals surface area contributed by atoms with E-state index in [4.69, 9.17) is 4.74 Å². The number of pyridine rings is 1. The first-order valence-corrected chi connectivity index (χ1v) is 9.22. The Kier molecular flexibility index (Phi) is 5.02. The fraction of sp³-hybridized carbons (Fsp3) is 0.389. The van der Waals surface area contributed by atoms with Gasteiger partial charge in [-0.05, 0) is 25.1 Å². The molecule has 28 heavy (non-hydrogen) atoms. The molecule has 1 amide bonds. The second-order valence-electron chi connectivity index (χ2n) is 6.46. The lowest BCUT2D eigenvalue weighted by atomic mass is 10.2. The van der Waals surface area contributed by atoms with Gasteiger partial charge in [0.1, 0.15) is 5.56 Å². The van der Waals surface area contributed by atoms with Crippen LogP contribution in [0.25, 0.3) is 11.0 Å². The number of anilines is 2. The fourth-order valence-electron chi connectivity index (χ4n) is 3.10. The summed E-state index contributed by atoms with van der Waals surface area (Å²) in [4.78, 5) is 19.3. The predicted octanol–water partition coefficient (Wildman–Crippen LogP) is 0.819. The van der Waals surface area contributed by atoms with E-state index in [9.17, 15) is 4.79 Å². The minimum absolute atomic E-state index is 0.247. The predicted molar refractivity (Wildman–Crippen MR) is 105 cm³/mol. The van der Waals surface area contributed by atoms with Gasteiger partial charge in [0.15, 0.2) is 17.3 Å². The number of ether oxygens (including phenoxy) is 1. The van der Waals surface area contributed by atoms with Crippen LogP contribution in [0.15, 0.2) is 24.4 Å². The van der Waals surface area contributed by atoms with E-state index < -0.39 is 0 Å². The summed E-state index contributed by atoms with van der Waals surface area (Å²) >= 11 is 0. The third kappa shape index (κ3) is 3.72. The first kappa shape index (κ1) is 18.1. The van der Waals surface area contributed by atoms with Gasteiger partial charge in [0, 0.05) is 44.8 Å². The van der Waals surface area contributed by atoms with E-state index >= 15 is 0 Å². The minimum Gasteiger partial charge on any atom is -0.477 e. The average molecular weight is 382 g/mol. The van der Waals surface area contributed by atoms with Crippen molar-refractivity contribution >= 4 is 28.6 Å². The van der Waals surface area contributed by atoms with Crippen LogP contribution in [0.4, 0.5) is 11.6 Å². The zero-order valence-electron chi connectivity index (χ0n) is 15.8. The van der Waals surface area contributed by atoms with Crippen molar-refractivity contribution in [2.45, 2.75) is 6.92 Å². The van der Waals surface area contributed by atoms with E-state index in [0.29, 0.717) is 23.6 Å². The van der Waals surface area contributed by atoms with Gasteiger partial charge in [-0.3, -0.25) is 9.48 Å². The summed E-state index contributed by atoms with van der Waals surface area (Å²) in [7, 11) is 1.80. The maximum Gasteiger partial charge on any atom is 0.262 e. The minimum atomic E-state index is -0.356. The monoisotopic (exact) mass is 382 g/mol. The Bertz CT molecular complexity index is 979. The van der Waals surface area contributed by atoms with Crippen molar-refractivity contribution in [1.29, 1.82) is 0 Å². The Morgan fingerprint density at radius 1 is 1.29 bits per heavy atom. The molecule has 3 aromatic rings. The van der Waals surface area contributed by atoms with Gasteiger partial charge in [-0.2, -0.15) is 10.1 Å². The summed E-state index contributed by atoms with van der Waals surface area (Å²) in [5, 5.41) is 19.5. The smallest absolute Gasteiger partial charge is 0.262 e. The SMILES string of the molecule is CCOc1nc2nn(C)cc2cc1C(=O)Nc1ccc(N2CCNCC2)nn1. The highest BCUT2D eigenvalue weighted by molar-refractivity contribution is 6.07. The van der Waals surface area contributed by atoms with Gasteiger partial charge in [-0.25, -0.2) is 0 Å². The number of nitrogens with one attached hydrogen (secondary N) is 2. The first-order valence-electron chi connectivity index (χ1n) is 9.22. The quantitative estimate of drug-likeness (QED) is 0.667. The highest BCUT2D eigenvalue weighted by Crippen LogP contribution is 2.23. The molecule has 0 unspecified atom stereocenters. The third-order valence-corrected chi connectivity index (χ3v) is 4.43. The number of carbonyl (C=O) groups is 1. The van der Waals surface area contributed by atoms with E-state index in [1.807, 2.05) is 13.0 Å². The highest BCUT2D eigenvalue weighted by Gasteiger charge is 2.18. The molecule has 1 saturated heterocycles. The Balaban J connectivity index is 1.54. The highest BCUT2D eigenvalue weighted by atomic mass is 16.5. The molecule has 4 heterocycles. The Morgan fingerprint density at radius 3 is 2.82 bits per heavy atom. The molecule has 0 aliphatic carbocycles. The van der Waals surface area contributed by atoms with E-state index in [2.05, 4.69) is 35.8 Å². The van der Waals surface area contributed by atoms with Gasteiger partial charge in [0.05, 0.1) is 6.61 Å². The summed E-state index contributed by atoms with van der Waals surface area (Å²) in [6, 6.07) is 5.33. The van der Waals surface area contributed by atoms with Crippen LogP contribution < -0.4 is 20.3 Å². The normalized spacial score (nSPS) is 14.3. The van der Waals surface area contributed by atoms with Crippen molar-refractivity contribution in [3.63, 3.8) is 0 Å². The number of aromatic nitrogens is 5. The van der Waals surface area contributed by atoms with Crippen LogP contribution in [-0.2, 0) is 7.05 Å². The molecule has 1 fully saturated rings. The van der Waals surface area contributed by atoms with Crippen LogP contribution >= 0.6 is 0 Å². The molecule has 0 spiro atoms. The van der Waals surface area contributed by atoms with E-state index in [0.717, 1.165) is 37.4 Å². The van der Waals surface area contributed by atoms with Gasteiger partial charge < -0.3 is 20.3 Å². The molecule has 4 rings (SSSR count). The van der Waals surface area contributed by atoms with Crippen molar-refractivity contribution in [2.75, 3.05) is 43.0 Å². The number of hydrogen-bond donors (Lipinski definition) is 2. The van der Waals surface area contributed by atoms with Gasteiger partial charge >= 0.3 is 0 Å². The molecular weight excluding hydrogens is 360 g/mol. The molecule has 0 saturated carbocycles. The van der Waals surface area contributed by atoms with E-state index in [1.54, 1.807) is 30.1 Å². The van der Waals surface area contributed by atoms with Crippen LogP contribution in [0.3, 0.4) is 0 Å². The van der Waals surface area contributed by atoms with Crippen LogP contribution in [0.1, 0.15) is 17.3 Å². The molecule has 0 aromatic carbocycles. The van der Waals surface area contributed by atoms with Crippen LogP contribution in [0.5, 0.6) is 5.88 Å². The topological polar surface area (TPSA) is 110 Å². The zero-order chi connectivity index (χ0) is 19.5.